The van der Waals surface area contributed by atoms with E-state index in [1.165, 1.54) is 0 Å². The molecule has 6 nitrogen and oxygen atoms in total. The smallest absolute Gasteiger partial charge is 0.326 e. The lowest BCUT2D eigenvalue weighted by Gasteiger charge is -2.17. The van der Waals surface area contributed by atoms with Gasteiger partial charge in [0, 0.05) is 17.3 Å². The number of benzene rings is 1. The fraction of sp³-hybridized carbons (Fsp3) is 0.357. The summed E-state index contributed by atoms with van der Waals surface area (Å²) in [6, 6.07) is 5.56. The van der Waals surface area contributed by atoms with E-state index in [0.29, 0.717) is 12.8 Å². The number of carboxylic acid groups (broad SMARTS) is 1. The van der Waals surface area contributed by atoms with Gasteiger partial charge in [0.1, 0.15) is 12.1 Å². The van der Waals surface area contributed by atoms with Crippen molar-refractivity contribution in [2.45, 2.75) is 31.3 Å². The van der Waals surface area contributed by atoms with Crippen LogP contribution in [0.5, 0.6) is 0 Å². The molecule has 0 aromatic heterocycles. The van der Waals surface area contributed by atoms with Crippen LogP contribution in [0.3, 0.4) is 0 Å². The number of hydrogen-bond acceptors (Lipinski definition) is 3. The predicted octanol–water partition coefficient (Wildman–Crippen LogP) is 0.840. The third-order valence-electron chi connectivity index (χ3n) is 3.28. The van der Waals surface area contributed by atoms with E-state index in [-0.39, 0.29) is 12.3 Å². The Labute approximate surface area is 130 Å². The van der Waals surface area contributed by atoms with Crippen molar-refractivity contribution >= 4 is 33.7 Å². The maximum atomic E-state index is 12.0. The Balaban J connectivity index is 1.99. The van der Waals surface area contributed by atoms with Gasteiger partial charge in [-0.1, -0.05) is 28.1 Å². The molecule has 1 aromatic carbocycles. The van der Waals surface area contributed by atoms with Gasteiger partial charge in [0.15, 0.2) is 0 Å². The van der Waals surface area contributed by atoms with E-state index in [2.05, 4.69) is 26.6 Å². The number of carbonyl (C=O) groups is 3. The molecular weight excluding hydrogens is 340 g/mol. The largest absolute Gasteiger partial charge is 0.480 e. The molecule has 1 aromatic rings. The van der Waals surface area contributed by atoms with Crippen molar-refractivity contribution in [2.75, 3.05) is 0 Å². The highest BCUT2D eigenvalue weighted by Gasteiger charge is 2.30. The number of amides is 2. The molecule has 0 radical (unpaired) electrons. The van der Waals surface area contributed by atoms with Gasteiger partial charge in [-0.3, -0.25) is 9.59 Å². The molecule has 1 aliphatic rings. The van der Waals surface area contributed by atoms with Gasteiger partial charge >= 0.3 is 5.97 Å². The molecule has 0 bridgehead atoms. The second kappa shape index (κ2) is 6.71. The molecule has 2 amide bonds. The summed E-state index contributed by atoms with van der Waals surface area (Å²) in [5.41, 5.74) is 0.807. The monoisotopic (exact) mass is 354 g/mol. The summed E-state index contributed by atoms with van der Waals surface area (Å²) in [5.74, 6) is -1.74. The number of nitrogens with one attached hydrogen (secondary N) is 2. The van der Waals surface area contributed by atoms with Crippen molar-refractivity contribution in [1.82, 2.24) is 10.6 Å². The van der Waals surface area contributed by atoms with Crippen LogP contribution in [0.4, 0.5) is 0 Å². The van der Waals surface area contributed by atoms with Crippen molar-refractivity contribution in [2.24, 2.45) is 0 Å². The molecule has 0 unspecified atom stereocenters. The second-order valence-corrected chi connectivity index (χ2v) is 5.80. The Morgan fingerprint density at radius 1 is 1.38 bits per heavy atom. The molecule has 7 heteroatoms. The first-order valence-corrected chi connectivity index (χ1v) is 7.32. The van der Waals surface area contributed by atoms with Gasteiger partial charge in [0.2, 0.25) is 11.8 Å². The van der Waals surface area contributed by atoms with Gasteiger partial charge in [-0.15, -0.1) is 0 Å². The Kier molecular flexibility index (Phi) is 4.95. The van der Waals surface area contributed by atoms with E-state index in [1.807, 2.05) is 12.1 Å². The zero-order chi connectivity index (χ0) is 15.4. The highest BCUT2D eigenvalue weighted by atomic mass is 79.9. The van der Waals surface area contributed by atoms with Crippen LogP contribution >= 0.6 is 15.9 Å². The van der Waals surface area contributed by atoms with E-state index < -0.39 is 24.0 Å². The summed E-state index contributed by atoms with van der Waals surface area (Å²) < 4.78 is 0.899. The molecule has 112 valence electrons. The van der Waals surface area contributed by atoms with Gasteiger partial charge in [-0.2, -0.15) is 0 Å². The number of aliphatic carboxylic acids is 1. The normalized spacial score (nSPS) is 18.9. The van der Waals surface area contributed by atoms with Crippen molar-refractivity contribution in [3.63, 3.8) is 0 Å². The Morgan fingerprint density at radius 3 is 2.57 bits per heavy atom. The minimum absolute atomic E-state index is 0.185. The molecule has 1 saturated heterocycles. The SMILES string of the molecule is O=C1CC[C@H](C(=O)N[C@H](Cc2ccc(Br)cc2)C(=O)O)N1. The van der Waals surface area contributed by atoms with E-state index in [0.717, 1.165) is 10.0 Å². The second-order valence-electron chi connectivity index (χ2n) is 4.89. The lowest BCUT2D eigenvalue weighted by molar-refractivity contribution is -0.142. The first kappa shape index (κ1) is 15.5. The highest BCUT2D eigenvalue weighted by Crippen LogP contribution is 2.13. The molecule has 0 spiro atoms. The summed E-state index contributed by atoms with van der Waals surface area (Å²) in [7, 11) is 0. The zero-order valence-electron chi connectivity index (χ0n) is 11.1. The van der Waals surface area contributed by atoms with Gasteiger partial charge in [0.05, 0.1) is 0 Å². The van der Waals surface area contributed by atoms with Crippen molar-refractivity contribution in [3.05, 3.63) is 34.3 Å². The average molecular weight is 355 g/mol. The van der Waals surface area contributed by atoms with Crippen molar-refractivity contribution in [3.8, 4) is 0 Å². The fourth-order valence-electron chi connectivity index (χ4n) is 2.14. The van der Waals surface area contributed by atoms with Crippen LogP contribution < -0.4 is 10.6 Å². The molecule has 1 fully saturated rings. The summed E-state index contributed by atoms with van der Waals surface area (Å²) in [6.45, 7) is 0. The van der Waals surface area contributed by atoms with E-state index in [9.17, 15) is 19.5 Å². The molecule has 1 aliphatic heterocycles. The lowest BCUT2D eigenvalue weighted by atomic mass is 10.1. The Bertz CT molecular complexity index is 559. The van der Waals surface area contributed by atoms with Crippen LogP contribution in [0.15, 0.2) is 28.7 Å². The van der Waals surface area contributed by atoms with E-state index in [1.54, 1.807) is 12.1 Å². The van der Waals surface area contributed by atoms with Crippen LogP contribution in [0.1, 0.15) is 18.4 Å². The quantitative estimate of drug-likeness (QED) is 0.729. The minimum Gasteiger partial charge on any atom is -0.480 e. The Morgan fingerprint density at radius 2 is 2.05 bits per heavy atom. The standard InChI is InChI=1S/C14H15BrN2O4/c15-9-3-1-8(2-4-9)7-11(14(20)21)17-13(19)10-5-6-12(18)16-10/h1-4,10-11H,5-7H2,(H,16,18)(H,17,19)(H,20,21)/t10-,11-/m1/s1. The molecule has 2 atom stereocenters. The molecular formula is C14H15BrN2O4. The van der Waals surface area contributed by atoms with E-state index in [4.69, 9.17) is 0 Å². The molecule has 0 aliphatic carbocycles. The van der Waals surface area contributed by atoms with Crippen LogP contribution in [0.25, 0.3) is 0 Å². The third-order valence-corrected chi connectivity index (χ3v) is 3.81. The first-order chi connectivity index (χ1) is 9.95. The summed E-state index contributed by atoms with van der Waals surface area (Å²) in [4.78, 5) is 34.3. The third kappa shape index (κ3) is 4.29. The zero-order valence-corrected chi connectivity index (χ0v) is 12.7. The van der Waals surface area contributed by atoms with Crippen molar-refractivity contribution in [1.29, 1.82) is 0 Å². The fourth-order valence-corrected chi connectivity index (χ4v) is 2.40. The summed E-state index contributed by atoms with van der Waals surface area (Å²) in [6.07, 6.45) is 0.882. The van der Waals surface area contributed by atoms with Crippen molar-refractivity contribution < 1.29 is 19.5 Å². The van der Waals surface area contributed by atoms with Crippen LogP contribution in [0, 0.1) is 0 Å². The predicted molar refractivity (Wildman–Crippen MR) is 78.6 cm³/mol. The summed E-state index contributed by atoms with van der Waals surface area (Å²) in [5, 5.41) is 14.2. The molecule has 21 heavy (non-hydrogen) atoms. The molecule has 0 saturated carbocycles. The number of rotatable bonds is 5. The van der Waals surface area contributed by atoms with Crippen LogP contribution in [-0.4, -0.2) is 35.0 Å². The van der Waals surface area contributed by atoms with Crippen LogP contribution in [0.2, 0.25) is 0 Å². The molecule has 3 N–H and O–H groups in total. The summed E-state index contributed by atoms with van der Waals surface area (Å²) >= 11 is 3.30. The van der Waals surface area contributed by atoms with E-state index >= 15 is 0 Å². The average Bonchev–Trinajstić information content (AvgIpc) is 2.87. The minimum atomic E-state index is -1.10. The van der Waals surface area contributed by atoms with Gasteiger partial charge in [0.25, 0.3) is 0 Å². The number of carbonyl (C=O) groups excluding carboxylic acids is 2. The Hall–Kier alpha value is -1.89. The van der Waals surface area contributed by atoms with Gasteiger partial charge < -0.3 is 15.7 Å². The highest BCUT2D eigenvalue weighted by molar-refractivity contribution is 9.10. The molecule has 1 heterocycles. The number of carboxylic acids is 1. The topological polar surface area (TPSA) is 95.5 Å². The van der Waals surface area contributed by atoms with Crippen LogP contribution in [-0.2, 0) is 20.8 Å². The van der Waals surface area contributed by atoms with Gasteiger partial charge in [-0.05, 0) is 24.1 Å². The first-order valence-electron chi connectivity index (χ1n) is 6.52. The van der Waals surface area contributed by atoms with Gasteiger partial charge in [-0.25, -0.2) is 4.79 Å². The number of hydrogen-bond donors (Lipinski definition) is 3. The molecule has 2 rings (SSSR count). The lowest BCUT2D eigenvalue weighted by Crippen LogP contribution is -2.49. The maximum Gasteiger partial charge on any atom is 0.326 e. The number of halogens is 1. The maximum absolute atomic E-state index is 12.0.